The summed E-state index contributed by atoms with van der Waals surface area (Å²) in [5, 5.41) is 4.33. The Morgan fingerprint density at radius 2 is 1.74 bits per heavy atom. The van der Waals surface area contributed by atoms with Crippen LogP contribution in [-0.2, 0) is 6.18 Å². The number of para-hydroxylation sites is 1. The fourth-order valence-electron chi connectivity index (χ4n) is 2.41. The normalized spacial score (nSPS) is 11.0. The Morgan fingerprint density at radius 1 is 1.06 bits per heavy atom. The minimum atomic E-state index is -4.82. The van der Waals surface area contributed by atoms with Crippen LogP contribution in [0.25, 0.3) is 0 Å². The third kappa shape index (κ3) is 5.60. The largest absolute Gasteiger partial charge is 0.424 e. The van der Waals surface area contributed by atoms with Crippen molar-refractivity contribution in [2.24, 2.45) is 0 Å². The van der Waals surface area contributed by atoms with Crippen LogP contribution in [-0.4, -0.2) is 21.9 Å². The first-order valence-corrected chi connectivity index (χ1v) is 8.85. The Bertz CT molecular complexity index is 1120. The number of hydrogen-bond acceptors (Lipinski definition) is 6. The number of carbonyl (C=O) groups is 2. The van der Waals surface area contributed by atoms with Gasteiger partial charge in [0.2, 0.25) is 0 Å². The third-order valence-corrected chi connectivity index (χ3v) is 3.97. The van der Waals surface area contributed by atoms with Gasteiger partial charge in [0.25, 0.3) is 5.91 Å². The van der Waals surface area contributed by atoms with Gasteiger partial charge in [0.05, 0.1) is 23.0 Å². The molecule has 12 heteroatoms. The number of amides is 3. The van der Waals surface area contributed by atoms with E-state index >= 15 is 0 Å². The standard InChI is InChI=1S/C19H13ClF3N5O3/c20-10-8-25-18(26-9-10)31-15-6-5-11(7-13(15)19(21,22)23)27-17(30)28-16(29)12-3-1-2-4-14(12)24/h1-9H,24H2,(H2,27,28,29,30). The number of halogens is 4. The van der Waals surface area contributed by atoms with E-state index in [0.29, 0.717) is 6.07 Å². The Morgan fingerprint density at radius 3 is 2.39 bits per heavy atom. The number of nitrogens with zero attached hydrogens (tertiary/aromatic N) is 2. The van der Waals surface area contributed by atoms with E-state index in [1.165, 1.54) is 12.1 Å². The molecule has 0 spiro atoms. The molecule has 1 heterocycles. The van der Waals surface area contributed by atoms with Crippen molar-refractivity contribution in [2.45, 2.75) is 6.18 Å². The topological polar surface area (TPSA) is 119 Å². The number of nitrogens with two attached hydrogens (primary N) is 1. The average Bonchev–Trinajstić information content (AvgIpc) is 2.70. The van der Waals surface area contributed by atoms with Crippen LogP contribution >= 0.6 is 11.6 Å². The summed E-state index contributed by atoms with van der Waals surface area (Å²) in [4.78, 5) is 31.5. The Hall–Kier alpha value is -3.86. The summed E-state index contributed by atoms with van der Waals surface area (Å²) in [5.41, 5.74) is 4.41. The molecule has 0 atom stereocenters. The van der Waals surface area contributed by atoms with Gasteiger partial charge in [0, 0.05) is 11.4 Å². The summed E-state index contributed by atoms with van der Waals surface area (Å²) < 4.78 is 45.5. The highest BCUT2D eigenvalue weighted by atomic mass is 35.5. The van der Waals surface area contributed by atoms with Gasteiger partial charge in [-0.15, -0.1) is 0 Å². The molecule has 0 unspecified atom stereocenters. The van der Waals surface area contributed by atoms with E-state index in [1.807, 2.05) is 5.32 Å². The van der Waals surface area contributed by atoms with Crippen molar-refractivity contribution < 1.29 is 27.5 Å². The van der Waals surface area contributed by atoms with Crippen molar-refractivity contribution in [3.05, 3.63) is 71.0 Å². The summed E-state index contributed by atoms with van der Waals surface area (Å²) in [6.07, 6.45) is -2.49. The van der Waals surface area contributed by atoms with Gasteiger partial charge in [0.1, 0.15) is 11.3 Å². The molecule has 0 saturated carbocycles. The lowest BCUT2D eigenvalue weighted by atomic mass is 10.1. The van der Waals surface area contributed by atoms with Gasteiger partial charge in [-0.25, -0.2) is 14.8 Å². The Labute approximate surface area is 178 Å². The highest BCUT2D eigenvalue weighted by Crippen LogP contribution is 2.39. The molecule has 3 rings (SSSR count). The molecule has 2 aromatic carbocycles. The predicted octanol–water partition coefficient (Wildman–Crippen LogP) is 4.49. The van der Waals surface area contributed by atoms with Crippen molar-refractivity contribution in [3.8, 4) is 11.8 Å². The molecule has 31 heavy (non-hydrogen) atoms. The van der Waals surface area contributed by atoms with Crippen LogP contribution in [0.3, 0.4) is 0 Å². The lowest BCUT2D eigenvalue weighted by Gasteiger charge is -2.15. The number of alkyl halides is 3. The quantitative estimate of drug-likeness (QED) is 0.503. The minimum Gasteiger partial charge on any atom is -0.424 e. The summed E-state index contributed by atoms with van der Waals surface area (Å²) in [6, 6.07) is 7.39. The second-order valence-electron chi connectivity index (χ2n) is 5.99. The van der Waals surface area contributed by atoms with Gasteiger partial charge >= 0.3 is 18.2 Å². The van der Waals surface area contributed by atoms with Gasteiger partial charge in [-0.2, -0.15) is 13.2 Å². The van der Waals surface area contributed by atoms with Crippen LogP contribution < -0.4 is 21.1 Å². The van der Waals surface area contributed by atoms with Crippen LogP contribution in [0.4, 0.5) is 29.3 Å². The number of rotatable bonds is 4. The molecule has 4 N–H and O–H groups in total. The molecule has 0 saturated heterocycles. The molecule has 160 valence electrons. The lowest BCUT2D eigenvalue weighted by molar-refractivity contribution is -0.138. The van der Waals surface area contributed by atoms with E-state index in [-0.39, 0.29) is 28.0 Å². The molecule has 0 aliphatic carbocycles. The number of urea groups is 1. The van der Waals surface area contributed by atoms with Gasteiger partial charge in [-0.05, 0) is 30.3 Å². The molecule has 1 aromatic heterocycles. The number of imide groups is 1. The molecular formula is C19H13ClF3N5O3. The van der Waals surface area contributed by atoms with E-state index in [2.05, 4.69) is 15.3 Å². The van der Waals surface area contributed by atoms with Crippen LogP contribution in [0.5, 0.6) is 11.8 Å². The van der Waals surface area contributed by atoms with Gasteiger partial charge in [0.15, 0.2) is 0 Å². The molecular weight excluding hydrogens is 439 g/mol. The zero-order valence-corrected chi connectivity index (χ0v) is 16.2. The predicted molar refractivity (Wildman–Crippen MR) is 106 cm³/mol. The number of nitrogen functional groups attached to an aromatic ring is 1. The molecule has 0 aliphatic heterocycles. The third-order valence-electron chi connectivity index (χ3n) is 3.77. The van der Waals surface area contributed by atoms with Crippen molar-refractivity contribution in [3.63, 3.8) is 0 Å². The smallest absolute Gasteiger partial charge is 0.420 e. The van der Waals surface area contributed by atoms with Gasteiger partial charge in [-0.3, -0.25) is 10.1 Å². The first-order valence-electron chi connectivity index (χ1n) is 8.47. The molecule has 3 aromatic rings. The van der Waals surface area contributed by atoms with E-state index in [9.17, 15) is 22.8 Å². The van der Waals surface area contributed by atoms with Crippen molar-refractivity contribution in [2.75, 3.05) is 11.1 Å². The van der Waals surface area contributed by atoms with E-state index in [0.717, 1.165) is 24.5 Å². The fraction of sp³-hybridized carbons (Fsp3) is 0.0526. The first kappa shape index (κ1) is 21.8. The highest BCUT2D eigenvalue weighted by molar-refractivity contribution is 6.30. The van der Waals surface area contributed by atoms with Crippen molar-refractivity contribution >= 4 is 34.9 Å². The summed E-state index contributed by atoms with van der Waals surface area (Å²) >= 11 is 5.63. The molecule has 3 amide bonds. The maximum atomic E-state index is 13.5. The van der Waals surface area contributed by atoms with Crippen LogP contribution in [0.1, 0.15) is 15.9 Å². The zero-order chi connectivity index (χ0) is 22.6. The summed E-state index contributed by atoms with van der Waals surface area (Å²) in [5.74, 6) is -1.40. The molecule has 0 aliphatic rings. The molecule has 8 nitrogen and oxygen atoms in total. The second-order valence-corrected chi connectivity index (χ2v) is 6.43. The second kappa shape index (κ2) is 8.88. The number of carbonyl (C=O) groups excluding carboxylic acids is 2. The molecule has 0 radical (unpaired) electrons. The van der Waals surface area contributed by atoms with Crippen LogP contribution in [0.15, 0.2) is 54.9 Å². The van der Waals surface area contributed by atoms with E-state index < -0.39 is 29.4 Å². The average molecular weight is 452 g/mol. The molecule has 0 fully saturated rings. The van der Waals surface area contributed by atoms with E-state index in [1.54, 1.807) is 12.1 Å². The van der Waals surface area contributed by atoms with Crippen LogP contribution in [0.2, 0.25) is 5.02 Å². The number of aromatic nitrogens is 2. The maximum Gasteiger partial charge on any atom is 0.420 e. The highest BCUT2D eigenvalue weighted by Gasteiger charge is 2.35. The summed E-state index contributed by atoms with van der Waals surface area (Å²) in [6.45, 7) is 0. The Kier molecular flexibility index (Phi) is 6.25. The Balaban J connectivity index is 1.77. The number of nitrogens with one attached hydrogen (secondary N) is 2. The lowest BCUT2D eigenvalue weighted by Crippen LogP contribution is -2.34. The summed E-state index contributed by atoms with van der Waals surface area (Å²) in [7, 11) is 0. The number of benzene rings is 2. The maximum absolute atomic E-state index is 13.5. The number of hydrogen-bond donors (Lipinski definition) is 3. The van der Waals surface area contributed by atoms with Gasteiger partial charge in [-0.1, -0.05) is 23.7 Å². The monoisotopic (exact) mass is 451 g/mol. The van der Waals surface area contributed by atoms with Gasteiger partial charge < -0.3 is 15.8 Å². The SMILES string of the molecule is Nc1ccccc1C(=O)NC(=O)Nc1ccc(Oc2ncc(Cl)cn2)c(C(F)(F)F)c1. The fourth-order valence-corrected chi connectivity index (χ4v) is 2.50. The first-order chi connectivity index (χ1) is 14.6. The van der Waals surface area contributed by atoms with Crippen molar-refractivity contribution in [1.82, 2.24) is 15.3 Å². The minimum absolute atomic E-state index is 0.0420. The zero-order valence-electron chi connectivity index (χ0n) is 15.4. The van der Waals surface area contributed by atoms with Crippen LogP contribution in [0, 0.1) is 0 Å². The van der Waals surface area contributed by atoms with Crippen molar-refractivity contribution in [1.29, 1.82) is 0 Å². The van der Waals surface area contributed by atoms with E-state index in [4.69, 9.17) is 22.1 Å². The number of anilines is 2. The molecule has 0 bridgehead atoms. The number of ether oxygens (including phenoxy) is 1.